The fourth-order valence-electron chi connectivity index (χ4n) is 4.12. The Balaban J connectivity index is 1.53. The molecule has 3 aromatic rings. The van der Waals surface area contributed by atoms with Crippen LogP contribution in [0.3, 0.4) is 0 Å². The molecule has 0 bridgehead atoms. The molecule has 162 valence electrons. The Morgan fingerprint density at radius 2 is 1.94 bits per heavy atom. The van der Waals surface area contributed by atoms with Crippen LogP contribution in [0.25, 0.3) is 11.0 Å². The highest BCUT2D eigenvalue weighted by Gasteiger charge is 2.31. The fraction of sp³-hybridized carbons (Fsp3) is 0.458. The van der Waals surface area contributed by atoms with Crippen LogP contribution in [0.15, 0.2) is 24.3 Å². The Morgan fingerprint density at radius 1 is 1.19 bits per heavy atom. The van der Waals surface area contributed by atoms with Gasteiger partial charge in [0.2, 0.25) is 6.79 Å². The summed E-state index contributed by atoms with van der Waals surface area (Å²) in [5.74, 6) is 1.89. The third-order valence-corrected chi connectivity index (χ3v) is 5.90. The summed E-state index contributed by atoms with van der Waals surface area (Å²) in [7, 11) is 1.83. The second kappa shape index (κ2) is 6.97. The summed E-state index contributed by atoms with van der Waals surface area (Å²) in [5, 5.41) is 5.61. The van der Waals surface area contributed by atoms with Gasteiger partial charge in [-0.25, -0.2) is 9.67 Å². The largest absolute Gasteiger partial charge is 0.454 e. The minimum atomic E-state index is -0.222. The maximum atomic E-state index is 13.6. The van der Waals surface area contributed by atoms with E-state index < -0.39 is 0 Å². The van der Waals surface area contributed by atoms with Crippen molar-refractivity contribution in [1.82, 2.24) is 19.7 Å². The van der Waals surface area contributed by atoms with Crippen LogP contribution in [0.1, 0.15) is 66.8 Å². The minimum Gasteiger partial charge on any atom is -0.454 e. The fourth-order valence-corrected chi connectivity index (χ4v) is 4.12. The molecule has 2 aromatic heterocycles. The van der Waals surface area contributed by atoms with Crippen LogP contribution < -0.4 is 9.47 Å². The molecule has 0 N–H and O–H groups in total. The maximum absolute atomic E-state index is 13.6. The lowest BCUT2D eigenvalue weighted by atomic mass is 10.1. The monoisotopic (exact) mass is 420 g/mol. The van der Waals surface area contributed by atoms with Crippen molar-refractivity contribution in [3.8, 4) is 11.5 Å². The number of rotatable bonds is 4. The minimum absolute atomic E-state index is 0.0245. The molecule has 0 unspecified atom stereocenters. The van der Waals surface area contributed by atoms with E-state index in [0.717, 1.165) is 52.3 Å². The number of aromatic nitrogens is 3. The highest BCUT2D eigenvalue weighted by atomic mass is 16.7. The zero-order chi connectivity index (χ0) is 21.9. The van der Waals surface area contributed by atoms with E-state index in [1.165, 1.54) is 0 Å². The molecule has 5 rings (SSSR count). The van der Waals surface area contributed by atoms with E-state index in [0.29, 0.717) is 18.0 Å². The molecule has 0 radical (unpaired) electrons. The molecule has 1 aromatic carbocycles. The van der Waals surface area contributed by atoms with Gasteiger partial charge in [0.25, 0.3) is 5.91 Å². The Labute approximate surface area is 182 Å². The van der Waals surface area contributed by atoms with Crippen LogP contribution in [0, 0.1) is 6.92 Å². The van der Waals surface area contributed by atoms with Gasteiger partial charge in [-0.3, -0.25) is 4.79 Å². The van der Waals surface area contributed by atoms with Crippen LogP contribution in [0.5, 0.6) is 11.5 Å². The maximum Gasteiger partial charge on any atom is 0.254 e. The van der Waals surface area contributed by atoms with Crippen LogP contribution in [0.2, 0.25) is 0 Å². The summed E-state index contributed by atoms with van der Waals surface area (Å²) in [5.41, 5.74) is 4.09. The van der Waals surface area contributed by atoms with Gasteiger partial charge in [0, 0.05) is 25.2 Å². The van der Waals surface area contributed by atoms with Gasteiger partial charge in [-0.05, 0) is 64.3 Å². The number of pyridine rings is 1. The van der Waals surface area contributed by atoms with Crippen molar-refractivity contribution in [2.75, 3.05) is 13.8 Å². The van der Waals surface area contributed by atoms with Gasteiger partial charge in [0.15, 0.2) is 17.1 Å². The normalized spacial score (nSPS) is 15.5. The molecular formula is C24H28N4O3. The van der Waals surface area contributed by atoms with Crippen molar-refractivity contribution in [2.24, 2.45) is 0 Å². The third-order valence-electron chi connectivity index (χ3n) is 5.90. The van der Waals surface area contributed by atoms with E-state index in [1.807, 2.05) is 42.9 Å². The molecule has 1 amide bonds. The van der Waals surface area contributed by atoms with E-state index in [1.54, 1.807) is 4.90 Å². The van der Waals surface area contributed by atoms with Gasteiger partial charge in [0.1, 0.15) is 0 Å². The predicted octanol–water partition coefficient (Wildman–Crippen LogP) is 4.37. The number of hydrogen-bond acceptors (Lipinski definition) is 5. The predicted molar refractivity (Wildman–Crippen MR) is 118 cm³/mol. The van der Waals surface area contributed by atoms with Gasteiger partial charge < -0.3 is 14.4 Å². The van der Waals surface area contributed by atoms with Crippen LogP contribution in [0.4, 0.5) is 0 Å². The Morgan fingerprint density at radius 3 is 2.65 bits per heavy atom. The number of carbonyl (C=O) groups excluding carboxylic acids is 1. The first-order chi connectivity index (χ1) is 14.7. The second-order valence-electron chi connectivity index (χ2n) is 9.58. The zero-order valence-electron chi connectivity index (χ0n) is 18.7. The van der Waals surface area contributed by atoms with Crippen molar-refractivity contribution in [2.45, 2.75) is 58.5 Å². The molecule has 1 aliphatic heterocycles. The number of hydrogen-bond donors (Lipinski definition) is 0. The summed E-state index contributed by atoms with van der Waals surface area (Å²) in [6.45, 7) is 9.00. The van der Waals surface area contributed by atoms with Crippen molar-refractivity contribution in [3.63, 3.8) is 0 Å². The average Bonchev–Trinajstić information content (AvgIpc) is 3.37. The lowest BCUT2D eigenvalue weighted by Gasteiger charge is -2.21. The Bertz CT molecular complexity index is 1190. The highest BCUT2D eigenvalue weighted by molar-refractivity contribution is 6.06. The molecule has 1 saturated carbocycles. The molecule has 2 aliphatic rings. The standard InChI is InChI=1S/C24H28N4O3/c1-14-21-17(11-18(16-7-8-16)25-22(21)28(26-14)24(2,3)4)23(29)27(5)12-15-6-9-19-20(10-15)31-13-30-19/h6,9-11,16H,7-8,12-13H2,1-5H3. The first kappa shape index (κ1) is 19.8. The van der Waals surface area contributed by atoms with E-state index in [2.05, 4.69) is 20.8 Å². The van der Waals surface area contributed by atoms with Crippen LogP contribution >= 0.6 is 0 Å². The van der Waals surface area contributed by atoms with Crippen LogP contribution in [-0.2, 0) is 12.1 Å². The summed E-state index contributed by atoms with van der Waals surface area (Å²) < 4.78 is 12.8. The number of ether oxygens (including phenoxy) is 2. The quantitative estimate of drug-likeness (QED) is 0.627. The number of benzene rings is 1. The molecular weight excluding hydrogens is 392 g/mol. The SMILES string of the molecule is Cc1nn(C(C)(C)C)c2nc(C3CC3)cc(C(=O)N(C)Cc3ccc4c(c3)OCO4)c12. The van der Waals surface area contributed by atoms with Gasteiger partial charge in [-0.2, -0.15) is 5.10 Å². The lowest BCUT2D eigenvalue weighted by molar-refractivity contribution is 0.0786. The summed E-state index contributed by atoms with van der Waals surface area (Å²) >= 11 is 0. The van der Waals surface area contributed by atoms with Crippen molar-refractivity contribution in [3.05, 3.63) is 46.8 Å². The van der Waals surface area contributed by atoms with E-state index in [-0.39, 0.29) is 18.2 Å². The van der Waals surface area contributed by atoms with Gasteiger partial charge in [0.05, 0.1) is 22.2 Å². The summed E-state index contributed by atoms with van der Waals surface area (Å²) in [6, 6.07) is 7.79. The van der Waals surface area contributed by atoms with Crippen molar-refractivity contribution < 1.29 is 14.3 Å². The molecule has 1 aliphatic carbocycles. The number of fused-ring (bicyclic) bond motifs is 2. The number of nitrogens with zero attached hydrogens (tertiary/aromatic N) is 4. The molecule has 31 heavy (non-hydrogen) atoms. The Kier molecular flexibility index (Phi) is 4.46. The number of aryl methyl sites for hydroxylation is 1. The van der Waals surface area contributed by atoms with E-state index >= 15 is 0 Å². The first-order valence-electron chi connectivity index (χ1n) is 10.8. The Hall–Kier alpha value is -3.09. The molecule has 1 fully saturated rings. The summed E-state index contributed by atoms with van der Waals surface area (Å²) in [6.07, 6.45) is 2.25. The topological polar surface area (TPSA) is 69.5 Å². The van der Waals surface area contributed by atoms with Gasteiger partial charge in [-0.15, -0.1) is 0 Å². The summed E-state index contributed by atoms with van der Waals surface area (Å²) in [4.78, 5) is 20.3. The third kappa shape index (κ3) is 3.52. The van der Waals surface area contributed by atoms with Gasteiger partial charge in [-0.1, -0.05) is 6.07 Å². The van der Waals surface area contributed by atoms with Crippen molar-refractivity contribution >= 4 is 16.9 Å². The van der Waals surface area contributed by atoms with Gasteiger partial charge >= 0.3 is 0 Å². The first-order valence-corrected chi connectivity index (χ1v) is 10.8. The average molecular weight is 421 g/mol. The van der Waals surface area contributed by atoms with E-state index in [4.69, 9.17) is 19.6 Å². The van der Waals surface area contributed by atoms with E-state index in [9.17, 15) is 4.79 Å². The molecule has 0 atom stereocenters. The second-order valence-corrected chi connectivity index (χ2v) is 9.58. The highest BCUT2D eigenvalue weighted by Crippen LogP contribution is 2.41. The number of carbonyl (C=O) groups is 1. The molecule has 0 spiro atoms. The zero-order valence-corrected chi connectivity index (χ0v) is 18.7. The molecule has 0 saturated heterocycles. The molecule has 7 heteroatoms. The molecule has 7 nitrogen and oxygen atoms in total. The number of amides is 1. The lowest BCUT2D eigenvalue weighted by Crippen LogP contribution is -2.27. The van der Waals surface area contributed by atoms with Crippen molar-refractivity contribution in [1.29, 1.82) is 0 Å². The molecule has 3 heterocycles. The van der Waals surface area contributed by atoms with Crippen LogP contribution in [-0.4, -0.2) is 39.4 Å². The smallest absolute Gasteiger partial charge is 0.254 e.